The number of hydrogen-bond donors (Lipinski definition) is 1. The molecule has 0 spiro atoms. The lowest BCUT2D eigenvalue weighted by Crippen LogP contribution is -2.58. The molecule has 31 heavy (non-hydrogen) atoms. The van der Waals surface area contributed by atoms with E-state index in [1.807, 2.05) is 72.5 Å². The maximum Gasteiger partial charge on any atom is 0.223 e. The lowest BCUT2D eigenvalue weighted by Gasteiger charge is -2.49. The van der Waals surface area contributed by atoms with E-state index < -0.39 is 5.54 Å². The first kappa shape index (κ1) is 20.8. The van der Waals surface area contributed by atoms with E-state index in [1.54, 1.807) is 6.20 Å². The monoisotopic (exact) mass is 416 g/mol. The molecule has 6 nitrogen and oxygen atoms in total. The number of carbonyl (C=O) groups is 1. The van der Waals surface area contributed by atoms with E-state index in [0.29, 0.717) is 19.1 Å². The molecule has 0 radical (unpaired) electrons. The molecule has 0 unspecified atom stereocenters. The van der Waals surface area contributed by atoms with Crippen LogP contribution < -0.4 is 10.1 Å². The number of amides is 1. The first-order chi connectivity index (χ1) is 15.2. The Morgan fingerprint density at radius 2 is 1.94 bits per heavy atom. The van der Waals surface area contributed by atoms with Crippen molar-refractivity contribution in [3.8, 4) is 17.0 Å². The quantitative estimate of drug-likeness (QED) is 0.575. The second-order valence-corrected chi connectivity index (χ2v) is 7.85. The largest absolute Gasteiger partial charge is 0.494 e. The molecule has 2 heterocycles. The zero-order valence-electron chi connectivity index (χ0n) is 18.0. The van der Waals surface area contributed by atoms with Gasteiger partial charge >= 0.3 is 0 Å². The fourth-order valence-corrected chi connectivity index (χ4v) is 4.42. The molecule has 1 aliphatic rings. The van der Waals surface area contributed by atoms with Gasteiger partial charge in [0, 0.05) is 23.9 Å². The molecule has 1 aliphatic heterocycles. The number of nitrogens with one attached hydrogen (secondary N) is 1. The lowest BCUT2D eigenvalue weighted by atomic mass is 9.77. The number of anilines is 1. The van der Waals surface area contributed by atoms with Crippen molar-refractivity contribution in [1.82, 2.24) is 14.9 Å². The van der Waals surface area contributed by atoms with Crippen molar-refractivity contribution in [2.24, 2.45) is 0 Å². The summed E-state index contributed by atoms with van der Waals surface area (Å²) < 4.78 is 5.92. The lowest BCUT2D eigenvalue weighted by molar-refractivity contribution is -0.126. The number of carbonyl (C=O) groups excluding carboxylic acids is 1. The first-order valence-electron chi connectivity index (χ1n) is 10.8. The minimum Gasteiger partial charge on any atom is -0.494 e. The zero-order valence-corrected chi connectivity index (χ0v) is 18.0. The highest BCUT2D eigenvalue weighted by molar-refractivity contribution is 5.60. The fourth-order valence-electron chi connectivity index (χ4n) is 4.42. The van der Waals surface area contributed by atoms with Gasteiger partial charge in [0.2, 0.25) is 12.4 Å². The molecule has 2 aromatic carbocycles. The van der Waals surface area contributed by atoms with E-state index in [0.717, 1.165) is 41.8 Å². The Balaban J connectivity index is 1.71. The molecular formula is C25H28N4O2. The minimum atomic E-state index is -0.599. The van der Waals surface area contributed by atoms with Gasteiger partial charge in [0.05, 0.1) is 23.9 Å². The SMILES string of the molecule is CCOc1ccccc1[C@@]1(C)[C@H](Nc2nccc(-c3ccccc3)n2)CCCN1C=O. The number of nitrogens with zero attached hydrogens (tertiary/aromatic N) is 3. The van der Waals surface area contributed by atoms with Crippen molar-refractivity contribution in [1.29, 1.82) is 0 Å². The van der Waals surface area contributed by atoms with Gasteiger partial charge in [-0.2, -0.15) is 0 Å². The second kappa shape index (κ2) is 9.16. The predicted molar refractivity (Wildman–Crippen MR) is 122 cm³/mol. The predicted octanol–water partition coefficient (Wildman–Crippen LogP) is 4.49. The molecule has 1 amide bonds. The van der Waals surface area contributed by atoms with Crippen LogP contribution in [0.5, 0.6) is 5.75 Å². The van der Waals surface area contributed by atoms with Crippen molar-refractivity contribution >= 4 is 12.4 Å². The number of aromatic nitrogens is 2. The second-order valence-electron chi connectivity index (χ2n) is 7.85. The highest BCUT2D eigenvalue weighted by Crippen LogP contribution is 2.42. The number of likely N-dealkylation sites (tertiary alicyclic amines) is 1. The van der Waals surface area contributed by atoms with Crippen LogP contribution in [0.2, 0.25) is 0 Å². The van der Waals surface area contributed by atoms with Gasteiger partial charge < -0.3 is 15.0 Å². The summed E-state index contributed by atoms with van der Waals surface area (Å²) in [6, 6.07) is 19.8. The van der Waals surface area contributed by atoms with Crippen molar-refractivity contribution in [3.05, 3.63) is 72.4 Å². The van der Waals surface area contributed by atoms with Gasteiger partial charge in [0.1, 0.15) is 5.75 Å². The van der Waals surface area contributed by atoms with Crippen LogP contribution in [0.25, 0.3) is 11.3 Å². The number of benzene rings is 2. The Labute approximate surface area is 183 Å². The van der Waals surface area contributed by atoms with Gasteiger partial charge in [0.15, 0.2) is 0 Å². The third kappa shape index (κ3) is 4.10. The van der Waals surface area contributed by atoms with Crippen molar-refractivity contribution in [3.63, 3.8) is 0 Å². The van der Waals surface area contributed by atoms with Crippen LogP contribution in [0.4, 0.5) is 5.95 Å². The Kier molecular flexibility index (Phi) is 6.16. The molecule has 0 bridgehead atoms. The Morgan fingerprint density at radius 1 is 1.16 bits per heavy atom. The van der Waals surface area contributed by atoms with E-state index in [1.165, 1.54) is 0 Å². The van der Waals surface area contributed by atoms with Crippen LogP contribution in [-0.4, -0.2) is 40.5 Å². The van der Waals surface area contributed by atoms with Crippen LogP contribution >= 0.6 is 0 Å². The van der Waals surface area contributed by atoms with Gasteiger partial charge in [-0.1, -0.05) is 48.5 Å². The highest BCUT2D eigenvalue weighted by Gasteiger charge is 2.45. The molecule has 3 aromatic rings. The normalized spacial score (nSPS) is 20.8. The Hall–Kier alpha value is -3.41. The average Bonchev–Trinajstić information content (AvgIpc) is 2.82. The molecule has 1 fully saturated rings. The van der Waals surface area contributed by atoms with Crippen LogP contribution in [0, 0.1) is 0 Å². The smallest absolute Gasteiger partial charge is 0.223 e. The number of hydrogen-bond acceptors (Lipinski definition) is 5. The van der Waals surface area contributed by atoms with E-state index in [4.69, 9.17) is 9.72 Å². The summed E-state index contributed by atoms with van der Waals surface area (Å²) in [4.78, 5) is 23.2. The van der Waals surface area contributed by atoms with Crippen LogP contribution in [0.1, 0.15) is 32.3 Å². The third-order valence-electron chi connectivity index (χ3n) is 6.05. The van der Waals surface area contributed by atoms with E-state index in [-0.39, 0.29) is 6.04 Å². The average molecular weight is 417 g/mol. The van der Waals surface area contributed by atoms with Crippen LogP contribution in [0.15, 0.2) is 66.9 Å². The maximum absolute atomic E-state index is 12.1. The Bertz CT molecular complexity index is 1030. The summed E-state index contributed by atoms with van der Waals surface area (Å²) in [7, 11) is 0. The molecule has 0 saturated carbocycles. The summed E-state index contributed by atoms with van der Waals surface area (Å²) in [5, 5.41) is 3.54. The summed E-state index contributed by atoms with van der Waals surface area (Å²) in [6.45, 7) is 5.32. The summed E-state index contributed by atoms with van der Waals surface area (Å²) in [5.74, 6) is 1.35. The molecule has 160 valence electrons. The zero-order chi connectivity index (χ0) is 21.7. The molecule has 1 saturated heterocycles. The van der Waals surface area contributed by atoms with Crippen LogP contribution in [0.3, 0.4) is 0 Å². The minimum absolute atomic E-state index is 0.0703. The maximum atomic E-state index is 12.1. The number of rotatable bonds is 7. The fraction of sp³-hybridized carbons (Fsp3) is 0.320. The standard InChI is InChI=1S/C25H28N4O2/c1-3-31-22-13-8-7-12-20(22)25(2)23(14-9-17-29(25)18-30)28-24-26-16-15-21(27-24)19-10-5-4-6-11-19/h4-8,10-13,15-16,18,23H,3,9,14,17H2,1-2H3,(H,26,27,28)/t23-,25+/m1/s1. The molecule has 6 heteroatoms. The summed E-state index contributed by atoms with van der Waals surface area (Å²) >= 11 is 0. The van der Waals surface area contributed by atoms with Crippen LogP contribution in [-0.2, 0) is 10.3 Å². The number of ether oxygens (including phenoxy) is 1. The van der Waals surface area contributed by atoms with Gasteiger partial charge in [-0.15, -0.1) is 0 Å². The topological polar surface area (TPSA) is 67.3 Å². The highest BCUT2D eigenvalue weighted by atomic mass is 16.5. The molecular weight excluding hydrogens is 388 g/mol. The summed E-state index contributed by atoms with van der Waals surface area (Å²) in [5.41, 5.74) is 2.28. The van der Waals surface area contributed by atoms with Gasteiger partial charge in [-0.3, -0.25) is 4.79 Å². The molecule has 1 aromatic heterocycles. The third-order valence-corrected chi connectivity index (χ3v) is 6.05. The first-order valence-corrected chi connectivity index (χ1v) is 10.8. The Morgan fingerprint density at radius 3 is 2.71 bits per heavy atom. The molecule has 2 atom stereocenters. The van der Waals surface area contributed by atoms with E-state index in [9.17, 15) is 4.79 Å². The van der Waals surface area contributed by atoms with Gasteiger partial charge in [0.25, 0.3) is 0 Å². The number of piperidine rings is 1. The van der Waals surface area contributed by atoms with Gasteiger partial charge in [-0.05, 0) is 38.8 Å². The molecule has 0 aliphatic carbocycles. The summed E-state index contributed by atoms with van der Waals surface area (Å²) in [6.07, 6.45) is 4.50. The van der Waals surface area contributed by atoms with Crippen molar-refractivity contribution < 1.29 is 9.53 Å². The molecule has 1 N–H and O–H groups in total. The number of para-hydroxylation sites is 1. The van der Waals surface area contributed by atoms with Crippen molar-refractivity contribution in [2.45, 2.75) is 38.3 Å². The molecule has 4 rings (SSSR count). The van der Waals surface area contributed by atoms with Gasteiger partial charge in [-0.25, -0.2) is 9.97 Å². The van der Waals surface area contributed by atoms with E-state index >= 15 is 0 Å². The van der Waals surface area contributed by atoms with E-state index in [2.05, 4.69) is 17.2 Å². The van der Waals surface area contributed by atoms with Crippen molar-refractivity contribution in [2.75, 3.05) is 18.5 Å².